The second-order valence-corrected chi connectivity index (χ2v) is 9.32. The fraction of sp³-hybridized carbons (Fsp3) is 0.538. The summed E-state index contributed by atoms with van der Waals surface area (Å²) < 4.78 is 16.4. The number of carbonyl (C=O) groups is 2. The summed E-state index contributed by atoms with van der Waals surface area (Å²) >= 11 is 0. The number of aromatic hydroxyl groups is 1. The van der Waals surface area contributed by atoms with Gasteiger partial charge in [-0.1, -0.05) is 12.7 Å². The lowest BCUT2D eigenvalue weighted by Crippen LogP contribution is -2.39. The number of hydrazine groups is 1. The molecule has 1 saturated carbocycles. The minimum absolute atomic E-state index is 0.0195. The molecular formula is C26H37N5O6. The van der Waals surface area contributed by atoms with Gasteiger partial charge in [-0.3, -0.25) is 20.2 Å². The van der Waals surface area contributed by atoms with E-state index in [2.05, 4.69) is 26.8 Å². The number of nitrogens with one attached hydrogen (secondary N) is 3. The number of alkyl carbamates (subject to hydrolysis) is 1. The highest BCUT2D eigenvalue weighted by molar-refractivity contribution is 5.88. The van der Waals surface area contributed by atoms with Gasteiger partial charge in [0.15, 0.2) is 12.4 Å². The molecule has 202 valence electrons. The maximum Gasteiger partial charge on any atom is 0.407 e. The number of hydrogen-bond donors (Lipinski definition) is 4. The first-order valence-corrected chi connectivity index (χ1v) is 12.5. The smallest absolute Gasteiger partial charge is 0.407 e. The van der Waals surface area contributed by atoms with Gasteiger partial charge in [-0.2, -0.15) is 0 Å². The maximum absolute atomic E-state index is 12.7. The van der Waals surface area contributed by atoms with Crippen LogP contribution in [0.15, 0.2) is 34.4 Å². The highest BCUT2D eigenvalue weighted by Gasteiger charge is 2.32. The van der Waals surface area contributed by atoms with Gasteiger partial charge in [0.2, 0.25) is 0 Å². The molecule has 1 aliphatic carbocycles. The quantitative estimate of drug-likeness (QED) is 0.261. The Hall–Kier alpha value is -3.85. The number of aliphatic imine (C=N–C) groups is 1. The van der Waals surface area contributed by atoms with E-state index < -0.39 is 12.0 Å². The molecule has 2 aliphatic rings. The second kappa shape index (κ2) is 12.9. The standard InChI is InChI=1S/C26H37N5O6/c1-6-9-27-14-20-22(32)11-19(35-5)12-23(20)36-15-25(33)29-24-13-21(30-31(24)4)17-7-8-18(10-17)37-26(34)28-16(2)3/h11-12,14,16-18,30,32H,6-10,15H2,1-5H3,(H,28,34)(H,29,33)/t17-,18+/m0/s1. The van der Waals surface area contributed by atoms with E-state index in [1.54, 1.807) is 18.1 Å². The molecule has 1 heterocycles. The number of benzene rings is 1. The van der Waals surface area contributed by atoms with Crippen molar-refractivity contribution < 1.29 is 28.9 Å². The lowest BCUT2D eigenvalue weighted by molar-refractivity contribution is -0.122. The van der Waals surface area contributed by atoms with E-state index >= 15 is 0 Å². The molecule has 37 heavy (non-hydrogen) atoms. The summed E-state index contributed by atoms with van der Waals surface area (Å²) in [5.41, 5.74) is 7.64. The number of amides is 2. The zero-order valence-corrected chi connectivity index (χ0v) is 22.1. The number of hydrogen-bond acceptors (Lipinski definition) is 9. The van der Waals surface area contributed by atoms with Crippen molar-refractivity contribution in [2.24, 2.45) is 10.9 Å². The van der Waals surface area contributed by atoms with Gasteiger partial charge in [0.1, 0.15) is 23.4 Å². The Kier molecular flexibility index (Phi) is 9.68. The van der Waals surface area contributed by atoms with Crippen LogP contribution >= 0.6 is 0 Å². The number of allylic oxidation sites excluding steroid dienone is 1. The van der Waals surface area contributed by atoms with Crippen LogP contribution in [0, 0.1) is 5.92 Å². The van der Waals surface area contributed by atoms with Crippen LogP contribution in [0.25, 0.3) is 0 Å². The van der Waals surface area contributed by atoms with Gasteiger partial charge in [-0.25, -0.2) is 4.79 Å². The molecule has 11 nitrogen and oxygen atoms in total. The molecular weight excluding hydrogens is 478 g/mol. The van der Waals surface area contributed by atoms with E-state index in [0.29, 0.717) is 30.1 Å². The molecule has 1 aliphatic heterocycles. The fourth-order valence-corrected chi connectivity index (χ4v) is 4.07. The Labute approximate surface area is 217 Å². The van der Waals surface area contributed by atoms with E-state index in [1.165, 1.54) is 19.4 Å². The largest absolute Gasteiger partial charge is 0.507 e. The Morgan fingerprint density at radius 3 is 2.84 bits per heavy atom. The van der Waals surface area contributed by atoms with E-state index in [1.807, 2.05) is 20.8 Å². The predicted octanol–water partition coefficient (Wildman–Crippen LogP) is 2.80. The molecule has 0 spiro atoms. The number of nitrogens with zero attached hydrogens (tertiary/aromatic N) is 2. The number of ether oxygens (including phenoxy) is 3. The van der Waals surface area contributed by atoms with Crippen molar-refractivity contribution in [2.45, 2.75) is 58.6 Å². The minimum atomic E-state index is -0.404. The number of phenolic OH excluding ortho intramolecular Hbond substituents is 1. The lowest BCUT2D eigenvalue weighted by atomic mass is 10.1. The van der Waals surface area contributed by atoms with E-state index in [4.69, 9.17) is 14.2 Å². The number of carbonyl (C=O) groups excluding carboxylic acids is 2. The molecule has 3 rings (SSSR count). The van der Waals surface area contributed by atoms with Gasteiger partial charge in [0.05, 0.1) is 18.4 Å². The Balaban J connectivity index is 1.61. The monoisotopic (exact) mass is 515 g/mol. The zero-order chi connectivity index (χ0) is 26.9. The molecule has 2 atom stereocenters. The third kappa shape index (κ3) is 7.82. The molecule has 2 amide bonds. The van der Waals surface area contributed by atoms with Crippen molar-refractivity contribution in [1.29, 1.82) is 0 Å². The lowest BCUT2D eigenvalue weighted by Gasteiger charge is -2.20. The summed E-state index contributed by atoms with van der Waals surface area (Å²) in [5, 5.41) is 17.6. The topological polar surface area (TPSA) is 134 Å². The number of phenols is 1. The summed E-state index contributed by atoms with van der Waals surface area (Å²) in [6.07, 6.45) is 4.11. The third-order valence-electron chi connectivity index (χ3n) is 5.87. The van der Waals surface area contributed by atoms with E-state index in [-0.39, 0.29) is 36.2 Å². The van der Waals surface area contributed by atoms with Gasteiger partial charge in [-0.15, -0.1) is 0 Å². The highest BCUT2D eigenvalue weighted by Crippen LogP contribution is 2.34. The molecule has 0 bridgehead atoms. The van der Waals surface area contributed by atoms with Crippen LogP contribution in [0.5, 0.6) is 17.2 Å². The van der Waals surface area contributed by atoms with Crippen molar-refractivity contribution in [3.8, 4) is 17.2 Å². The van der Waals surface area contributed by atoms with Crippen LogP contribution in [-0.4, -0.2) is 67.8 Å². The van der Waals surface area contributed by atoms with E-state index in [9.17, 15) is 14.7 Å². The Morgan fingerprint density at radius 1 is 1.35 bits per heavy atom. The average Bonchev–Trinajstić information content (AvgIpc) is 3.44. The van der Waals surface area contributed by atoms with Crippen LogP contribution in [0.3, 0.4) is 0 Å². The summed E-state index contributed by atoms with van der Waals surface area (Å²) in [5.74, 6) is 0.835. The van der Waals surface area contributed by atoms with E-state index in [0.717, 1.165) is 25.0 Å². The van der Waals surface area contributed by atoms with Crippen molar-refractivity contribution in [1.82, 2.24) is 21.1 Å². The summed E-state index contributed by atoms with van der Waals surface area (Å²) in [6.45, 7) is 6.08. The van der Waals surface area contributed by atoms with Crippen LogP contribution in [0.2, 0.25) is 0 Å². The SMILES string of the molecule is CCCN=Cc1c(O)cc(OC)cc1OCC(=O)NC1=C=C([C@H]2CC[C@@H](OC(=O)NC(C)C)C2)NN1C. The van der Waals surface area contributed by atoms with Crippen molar-refractivity contribution in [3.05, 3.63) is 34.9 Å². The summed E-state index contributed by atoms with van der Waals surface area (Å²) in [6, 6.07) is 3.08. The molecule has 0 saturated heterocycles. The van der Waals surface area contributed by atoms with Crippen molar-refractivity contribution in [2.75, 3.05) is 27.3 Å². The van der Waals surface area contributed by atoms with Gasteiger partial charge in [0, 0.05) is 43.9 Å². The number of rotatable bonds is 11. The van der Waals surface area contributed by atoms with Crippen LogP contribution < -0.4 is 25.5 Å². The number of methoxy groups -OCH3 is 1. The minimum Gasteiger partial charge on any atom is -0.507 e. The maximum atomic E-state index is 12.7. The summed E-state index contributed by atoms with van der Waals surface area (Å²) in [7, 11) is 3.26. The first-order valence-electron chi connectivity index (χ1n) is 12.5. The van der Waals surface area contributed by atoms with Crippen molar-refractivity contribution >= 4 is 18.2 Å². The van der Waals surface area contributed by atoms with Crippen LogP contribution in [-0.2, 0) is 9.53 Å². The second-order valence-electron chi connectivity index (χ2n) is 9.32. The third-order valence-corrected chi connectivity index (χ3v) is 5.87. The summed E-state index contributed by atoms with van der Waals surface area (Å²) in [4.78, 5) is 28.8. The van der Waals surface area contributed by atoms with Crippen LogP contribution in [0.4, 0.5) is 4.79 Å². The van der Waals surface area contributed by atoms with Crippen molar-refractivity contribution in [3.63, 3.8) is 0 Å². The molecule has 0 radical (unpaired) electrons. The van der Waals surface area contributed by atoms with Gasteiger partial charge in [-0.05, 0) is 39.5 Å². The molecule has 0 aromatic heterocycles. The van der Waals surface area contributed by atoms with Gasteiger partial charge >= 0.3 is 6.09 Å². The first-order chi connectivity index (χ1) is 17.7. The van der Waals surface area contributed by atoms with Gasteiger partial charge < -0.3 is 30.0 Å². The average molecular weight is 516 g/mol. The zero-order valence-electron chi connectivity index (χ0n) is 22.1. The molecule has 1 aromatic carbocycles. The molecule has 1 aromatic rings. The Bertz CT molecular complexity index is 1080. The predicted molar refractivity (Wildman–Crippen MR) is 138 cm³/mol. The molecule has 0 unspecified atom stereocenters. The molecule has 1 fully saturated rings. The normalized spacial score (nSPS) is 18.9. The molecule has 4 N–H and O–H groups in total. The first kappa shape index (κ1) is 27.7. The Morgan fingerprint density at radius 2 is 2.14 bits per heavy atom. The van der Waals surface area contributed by atoms with Gasteiger partial charge in [0.25, 0.3) is 5.91 Å². The highest BCUT2D eigenvalue weighted by atomic mass is 16.6. The van der Waals surface area contributed by atoms with Crippen LogP contribution in [0.1, 0.15) is 52.0 Å². The molecule has 11 heteroatoms. The fourth-order valence-electron chi connectivity index (χ4n) is 4.07.